The van der Waals surface area contributed by atoms with Crippen LogP contribution in [0.1, 0.15) is 213 Å². The molecule has 0 radical (unpaired) electrons. The number of unbranched alkanes of at least 4 members (excludes halogenated alkanes) is 28. The first kappa shape index (κ1) is 49.2. The van der Waals surface area contributed by atoms with Gasteiger partial charge in [0.15, 0.2) is 0 Å². The van der Waals surface area contributed by atoms with Gasteiger partial charge in [-0.3, -0.25) is 13.8 Å². The molecule has 0 aromatic rings. The largest absolute Gasteiger partial charge is 0.472 e. The minimum atomic E-state index is -4.33. The van der Waals surface area contributed by atoms with Crippen LogP contribution >= 0.6 is 7.82 Å². The minimum Gasteiger partial charge on any atom is -0.387 e. The average Bonchev–Trinajstić information content (AvgIpc) is 3.10. The van der Waals surface area contributed by atoms with Crippen molar-refractivity contribution in [3.8, 4) is 0 Å². The molecule has 0 saturated carbocycles. The lowest BCUT2D eigenvalue weighted by atomic mass is 10.0. The fraction of sp³-hybridized carbons (Fsp3) is 0.927. The third-order valence-corrected chi connectivity index (χ3v) is 10.6. The molecule has 0 aliphatic heterocycles. The maximum atomic E-state index is 12.7. The molecule has 9 heteroatoms. The Balaban J connectivity index is 4.21. The summed E-state index contributed by atoms with van der Waals surface area (Å²) in [6.07, 6.45) is 41.1. The lowest BCUT2D eigenvalue weighted by molar-refractivity contribution is -0.123. The second-order valence-electron chi connectivity index (χ2n) is 14.6. The molecular weight excluding hydrogens is 647 g/mol. The Morgan fingerprint density at radius 2 is 1.02 bits per heavy atom. The summed E-state index contributed by atoms with van der Waals surface area (Å²) < 4.78 is 22.1. The quantitative estimate of drug-likeness (QED) is 0.0280. The lowest BCUT2D eigenvalue weighted by Crippen LogP contribution is -2.45. The molecule has 0 aliphatic carbocycles. The van der Waals surface area contributed by atoms with Crippen molar-refractivity contribution in [1.82, 2.24) is 5.32 Å². The molecule has 0 aromatic heterocycles. The van der Waals surface area contributed by atoms with E-state index in [4.69, 9.17) is 14.8 Å². The number of nitrogens with one attached hydrogen (secondary N) is 1. The van der Waals surface area contributed by atoms with Gasteiger partial charge in [0.25, 0.3) is 0 Å². The summed E-state index contributed by atoms with van der Waals surface area (Å²) in [6, 6.07) is -0.853. The number of hydrogen-bond donors (Lipinski definition) is 4. The number of carbonyl (C=O) groups is 1. The van der Waals surface area contributed by atoms with Crippen LogP contribution in [-0.2, 0) is 18.4 Å². The van der Waals surface area contributed by atoms with Crippen LogP contribution in [0.3, 0.4) is 0 Å². The number of aliphatic hydroxyl groups is 1. The van der Waals surface area contributed by atoms with Crippen LogP contribution < -0.4 is 11.1 Å². The smallest absolute Gasteiger partial charge is 0.387 e. The van der Waals surface area contributed by atoms with E-state index in [9.17, 15) is 19.4 Å². The second-order valence-corrected chi connectivity index (χ2v) is 16.0. The van der Waals surface area contributed by atoms with Gasteiger partial charge < -0.3 is 21.1 Å². The molecule has 8 nitrogen and oxygen atoms in total. The minimum absolute atomic E-state index is 0.0813. The molecule has 298 valence electrons. The molecule has 0 saturated heterocycles. The first-order valence-electron chi connectivity index (χ1n) is 21.3. The van der Waals surface area contributed by atoms with Gasteiger partial charge in [-0.15, -0.1) is 0 Å². The summed E-state index contributed by atoms with van der Waals surface area (Å²) in [4.78, 5) is 22.7. The molecule has 0 aliphatic rings. The van der Waals surface area contributed by atoms with Crippen molar-refractivity contribution in [2.75, 3.05) is 19.8 Å². The molecule has 50 heavy (non-hydrogen) atoms. The fourth-order valence-corrected chi connectivity index (χ4v) is 7.13. The highest BCUT2D eigenvalue weighted by Gasteiger charge is 2.26. The van der Waals surface area contributed by atoms with E-state index in [0.717, 1.165) is 38.5 Å². The second kappa shape index (κ2) is 38.0. The Labute approximate surface area is 309 Å². The van der Waals surface area contributed by atoms with E-state index in [2.05, 4.69) is 19.2 Å². The van der Waals surface area contributed by atoms with Crippen LogP contribution in [0.2, 0.25) is 0 Å². The van der Waals surface area contributed by atoms with E-state index in [-0.39, 0.29) is 25.7 Å². The first-order chi connectivity index (χ1) is 24.4. The molecule has 0 fully saturated rings. The van der Waals surface area contributed by atoms with Crippen LogP contribution in [-0.4, -0.2) is 47.8 Å². The monoisotopic (exact) mass is 731 g/mol. The van der Waals surface area contributed by atoms with E-state index in [1.54, 1.807) is 6.08 Å². The highest BCUT2D eigenvalue weighted by atomic mass is 31.2. The van der Waals surface area contributed by atoms with E-state index >= 15 is 0 Å². The average molecular weight is 731 g/mol. The third-order valence-electron chi connectivity index (χ3n) is 9.61. The van der Waals surface area contributed by atoms with Crippen molar-refractivity contribution in [2.45, 2.75) is 225 Å². The molecule has 0 bridgehead atoms. The highest BCUT2D eigenvalue weighted by Crippen LogP contribution is 2.43. The maximum Gasteiger partial charge on any atom is 0.472 e. The molecule has 3 unspecified atom stereocenters. The van der Waals surface area contributed by atoms with Gasteiger partial charge in [-0.05, 0) is 19.3 Å². The van der Waals surface area contributed by atoms with Gasteiger partial charge >= 0.3 is 7.82 Å². The standard InChI is InChI=1S/C41H83N2O6P/c1-3-5-7-9-11-13-15-17-19-21-23-25-27-29-31-33-35-41(45)43-39(38-49-50(46,47)48-37-36-42)40(44)34-32-30-28-26-24-22-20-18-16-14-12-10-8-6-4-2/h32,34,39-40,44H,3-31,33,35-38,42H2,1-2H3,(H,43,45)(H,46,47)/b34-32+. The van der Waals surface area contributed by atoms with E-state index in [1.807, 2.05) is 6.08 Å². The molecular formula is C41H83N2O6P. The van der Waals surface area contributed by atoms with Gasteiger partial charge in [0.2, 0.25) is 5.91 Å². The van der Waals surface area contributed by atoms with Crippen LogP contribution in [0.4, 0.5) is 0 Å². The number of hydrogen-bond acceptors (Lipinski definition) is 6. The summed E-state index contributed by atoms with van der Waals surface area (Å²) >= 11 is 0. The molecule has 1 amide bonds. The Hall–Kier alpha value is -0.760. The van der Waals surface area contributed by atoms with Crippen molar-refractivity contribution < 1.29 is 28.4 Å². The zero-order valence-corrected chi connectivity index (χ0v) is 33.8. The van der Waals surface area contributed by atoms with Crippen molar-refractivity contribution in [3.63, 3.8) is 0 Å². The van der Waals surface area contributed by atoms with Crippen molar-refractivity contribution in [1.29, 1.82) is 0 Å². The Morgan fingerprint density at radius 3 is 1.42 bits per heavy atom. The van der Waals surface area contributed by atoms with Crippen LogP contribution in [0.5, 0.6) is 0 Å². The van der Waals surface area contributed by atoms with Crippen LogP contribution in [0.25, 0.3) is 0 Å². The van der Waals surface area contributed by atoms with Gasteiger partial charge in [0.05, 0.1) is 25.4 Å². The summed E-state index contributed by atoms with van der Waals surface area (Å²) in [6.45, 7) is 4.15. The van der Waals surface area contributed by atoms with Crippen molar-refractivity contribution >= 4 is 13.7 Å². The van der Waals surface area contributed by atoms with E-state index < -0.39 is 20.0 Å². The summed E-state index contributed by atoms with van der Waals surface area (Å²) in [7, 11) is -4.33. The zero-order valence-electron chi connectivity index (χ0n) is 32.9. The van der Waals surface area contributed by atoms with E-state index in [0.29, 0.717) is 6.42 Å². The number of aliphatic hydroxyl groups excluding tert-OH is 1. The Bertz CT molecular complexity index is 799. The van der Waals surface area contributed by atoms with Crippen LogP contribution in [0, 0.1) is 0 Å². The Morgan fingerprint density at radius 1 is 0.640 bits per heavy atom. The topological polar surface area (TPSA) is 131 Å². The molecule has 0 heterocycles. The van der Waals surface area contributed by atoms with Gasteiger partial charge in [-0.2, -0.15) is 0 Å². The van der Waals surface area contributed by atoms with E-state index in [1.165, 1.54) is 154 Å². The molecule has 0 rings (SSSR count). The number of amides is 1. The molecule has 0 aromatic carbocycles. The van der Waals surface area contributed by atoms with Gasteiger partial charge in [-0.25, -0.2) is 4.57 Å². The summed E-state index contributed by atoms with van der Waals surface area (Å²) in [5.74, 6) is -0.191. The number of phosphoric acid groups is 1. The number of nitrogens with two attached hydrogens (primary N) is 1. The lowest BCUT2D eigenvalue weighted by Gasteiger charge is -2.23. The van der Waals surface area contributed by atoms with Crippen molar-refractivity contribution in [3.05, 3.63) is 12.2 Å². The summed E-state index contributed by atoms with van der Waals surface area (Å²) in [5.41, 5.74) is 5.37. The highest BCUT2D eigenvalue weighted by molar-refractivity contribution is 7.47. The number of phosphoric ester groups is 1. The Kier molecular flexibility index (Phi) is 37.4. The zero-order chi connectivity index (χ0) is 36.8. The van der Waals surface area contributed by atoms with Gasteiger partial charge in [-0.1, -0.05) is 199 Å². The predicted molar refractivity (Wildman–Crippen MR) is 212 cm³/mol. The first-order valence-corrected chi connectivity index (χ1v) is 22.8. The van der Waals surface area contributed by atoms with Gasteiger partial charge in [0.1, 0.15) is 0 Å². The number of rotatable bonds is 40. The normalized spacial score (nSPS) is 14.3. The molecule has 0 spiro atoms. The predicted octanol–water partition coefficient (Wildman–Crippen LogP) is 11.6. The SMILES string of the molecule is CCCCCCCCCCCCCCC/C=C/C(O)C(COP(=O)(O)OCCN)NC(=O)CCCCCCCCCCCCCCCCCC. The third kappa shape index (κ3) is 35.6. The molecule has 3 atom stereocenters. The molecule has 5 N–H and O–H groups in total. The number of carbonyl (C=O) groups excluding carboxylic acids is 1. The summed E-state index contributed by atoms with van der Waals surface area (Å²) in [5, 5.41) is 13.7. The van der Waals surface area contributed by atoms with Crippen molar-refractivity contribution in [2.24, 2.45) is 5.73 Å². The van der Waals surface area contributed by atoms with Gasteiger partial charge in [0, 0.05) is 13.0 Å². The van der Waals surface area contributed by atoms with Crippen LogP contribution in [0.15, 0.2) is 12.2 Å². The fourth-order valence-electron chi connectivity index (χ4n) is 6.37. The maximum absolute atomic E-state index is 12.7. The number of allylic oxidation sites excluding steroid dienone is 1.